The molecular weight excluding hydrogens is 494 g/mol. The van der Waals surface area contributed by atoms with Gasteiger partial charge in [-0.2, -0.15) is 0 Å². The van der Waals surface area contributed by atoms with E-state index in [-0.39, 0.29) is 22.3 Å². The zero-order valence-electron chi connectivity index (χ0n) is 20.9. The molecule has 0 radical (unpaired) electrons. The number of methoxy groups -OCH3 is 1. The number of nitrogens with zero attached hydrogens (tertiary/aromatic N) is 3. The zero-order chi connectivity index (χ0) is 26.2. The Hall–Kier alpha value is -3.86. The fraction of sp³-hybridized carbons (Fsp3) is 0.346. The van der Waals surface area contributed by atoms with Crippen molar-refractivity contribution in [2.24, 2.45) is 0 Å². The van der Waals surface area contributed by atoms with Crippen molar-refractivity contribution in [3.8, 4) is 22.9 Å². The minimum absolute atomic E-state index is 0.00278. The third-order valence-electron chi connectivity index (χ3n) is 6.57. The number of rotatable bonds is 8. The van der Waals surface area contributed by atoms with E-state index in [1.165, 1.54) is 23.6 Å². The number of nitrogens with one attached hydrogen (secondary N) is 2. The van der Waals surface area contributed by atoms with Crippen molar-refractivity contribution < 1.29 is 17.9 Å². The molecule has 0 aliphatic heterocycles. The van der Waals surface area contributed by atoms with Gasteiger partial charge in [-0.1, -0.05) is 18.9 Å². The minimum atomic E-state index is -3.97. The Morgan fingerprint density at radius 1 is 1.14 bits per heavy atom. The molecule has 0 spiro atoms. The monoisotopic (exact) mass is 523 g/mol. The molecule has 5 rings (SSSR count). The number of hydrogen-bond acceptors (Lipinski definition) is 7. The largest absolute Gasteiger partial charge is 0.497 e. The average Bonchev–Trinajstić information content (AvgIpc) is 3.52. The van der Waals surface area contributed by atoms with Crippen LogP contribution in [0.1, 0.15) is 50.0 Å². The van der Waals surface area contributed by atoms with Gasteiger partial charge in [0.25, 0.3) is 10.0 Å². The van der Waals surface area contributed by atoms with Crippen LogP contribution in [0.25, 0.3) is 17.0 Å². The first-order valence-electron chi connectivity index (χ1n) is 12.2. The van der Waals surface area contributed by atoms with Gasteiger partial charge in [-0.05, 0) is 57.0 Å². The Balaban J connectivity index is 1.62. The molecular formula is C26H29N5O5S. The molecule has 194 valence electrons. The molecule has 0 atom stereocenters. The molecule has 0 amide bonds. The molecule has 11 heteroatoms. The maximum Gasteiger partial charge on any atom is 0.334 e. The SMILES string of the molecule is CCOc1ccc(S(=O)(=O)Nc2cccc(OC)c2)cc1-c1nc2c(C3CCCC3)nc(C)n2c(=O)[nH]1. The van der Waals surface area contributed by atoms with Gasteiger partial charge in [-0.25, -0.2) is 27.6 Å². The summed E-state index contributed by atoms with van der Waals surface area (Å²) in [6.07, 6.45) is 4.24. The van der Waals surface area contributed by atoms with Crippen molar-refractivity contribution in [2.45, 2.75) is 50.3 Å². The molecule has 2 aromatic carbocycles. The Kier molecular flexibility index (Phi) is 6.63. The highest BCUT2D eigenvalue weighted by atomic mass is 32.2. The third-order valence-corrected chi connectivity index (χ3v) is 7.95. The van der Waals surface area contributed by atoms with Gasteiger partial charge in [0.2, 0.25) is 0 Å². The van der Waals surface area contributed by atoms with Gasteiger partial charge < -0.3 is 9.47 Å². The van der Waals surface area contributed by atoms with Crippen LogP contribution in [0.5, 0.6) is 11.5 Å². The number of H-pyrrole nitrogens is 1. The smallest absolute Gasteiger partial charge is 0.334 e. The highest BCUT2D eigenvalue weighted by Gasteiger charge is 2.26. The van der Waals surface area contributed by atoms with Crippen LogP contribution in [-0.4, -0.2) is 41.5 Å². The van der Waals surface area contributed by atoms with Crippen molar-refractivity contribution in [3.05, 3.63) is 64.5 Å². The summed E-state index contributed by atoms with van der Waals surface area (Å²) in [4.78, 5) is 25.4. The second-order valence-corrected chi connectivity index (χ2v) is 10.7. The van der Waals surface area contributed by atoms with Crippen molar-refractivity contribution in [1.82, 2.24) is 19.4 Å². The maximum atomic E-state index is 13.3. The van der Waals surface area contributed by atoms with E-state index in [1.54, 1.807) is 37.3 Å². The fourth-order valence-electron chi connectivity index (χ4n) is 4.83. The van der Waals surface area contributed by atoms with Crippen LogP contribution in [0.15, 0.2) is 52.2 Å². The summed E-state index contributed by atoms with van der Waals surface area (Å²) in [5, 5.41) is 0. The average molecular weight is 524 g/mol. The number of ether oxygens (including phenoxy) is 2. The van der Waals surface area contributed by atoms with Gasteiger partial charge in [0.05, 0.1) is 35.6 Å². The molecule has 0 saturated heterocycles. The lowest BCUT2D eigenvalue weighted by Gasteiger charge is -2.14. The summed E-state index contributed by atoms with van der Waals surface area (Å²) in [5.74, 6) is 1.97. The number of aromatic amines is 1. The van der Waals surface area contributed by atoms with E-state index >= 15 is 0 Å². The highest BCUT2D eigenvalue weighted by Crippen LogP contribution is 2.36. The molecule has 2 aromatic heterocycles. The predicted octanol–water partition coefficient (Wildman–Crippen LogP) is 4.26. The quantitative estimate of drug-likeness (QED) is 0.353. The van der Waals surface area contributed by atoms with Crippen LogP contribution in [0.3, 0.4) is 0 Å². The van der Waals surface area contributed by atoms with Gasteiger partial charge in [0.15, 0.2) is 5.65 Å². The molecule has 1 saturated carbocycles. The molecule has 1 aliphatic carbocycles. The van der Waals surface area contributed by atoms with E-state index in [0.29, 0.717) is 40.8 Å². The number of imidazole rings is 1. The van der Waals surface area contributed by atoms with Gasteiger partial charge in [0, 0.05) is 12.0 Å². The number of aryl methyl sites for hydroxylation is 1. The van der Waals surface area contributed by atoms with E-state index in [0.717, 1.165) is 31.4 Å². The lowest BCUT2D eigenvalue weighted by atomic mass is 10.0. The van der Waals surface area contributed by atoms with Crippen molar-refractivity contribution in [2.75, 3.05) is 18.4 Å². The summed E-state index contributed by atoms with van der Waals surface area (Å²) in [6.45, 7) is 3.97. The first kappa shape index (κ1) is 24.8. The van der Waals surface area contributed by atoms with E-state index in [9.17, 15) is 13.2 Å². The first-order valence-corrected chi connectivity index (χ1v) is 13.7. The zero-order valence-corrected chi connectivity index (χ0v) is 21.8. The van der Waals surface area contributed by atoms with Crippen LogP contribution in [0, 0.1) is 6.92 Å². The molecule has 0 bridgehead atoms. The van der Waals surface area contributed by atoms with Crippen LogP contribution in [0.2, 0.25) is 0 Å². The fourth-order valence-corrected chi connectivity index (χ4v) is 5.90. The molecule has 10 nitrogen and oxygen atoms in total. The third kappa shape index (κ3) is 4.78. The molecule has 2 heterocycles. The lowest BCUT2D eigenvalue weighted by Crippen LogP contribution is -2.20. The molecule has 4 aromatic rings. The van der Waals surface area contributed by atoms with Crippen molar-refractivity contribution >= 4 is 21.4 Å². The topological polar surface area (TPSA) is 128 Å². The number of hydrogen-bond donors (Lipinski definition) is 2. The van der Waals surface area contributed by atoms with E-state index in [2.05, 4.69) is 14.7 Å². The minimum Gasteiger partial charge on any atom is -0.497 e. The van der Waals surface area contributed by atoms with E-state index in [4.69, 9.17) is 14.5 Å². The first-order chi connectivity index (χ1) is 17.8. The van der Waals surface area contributed by atoms with Gasteiger partial charge in [0.1, 0.15) is 23.1 Å². The number of anilines is 1. The highest BCUT2D eigenvalue weighted by molar-refractivity contribution is 7.92. The van der Waals surface area contributed by atoms with Crippen LogP contribution >= 0.6 is 0 Å². The van der Waals surface area contributed by atoms with Crippen LogP contribution < -0.4 is 19.9 Å². The van der Waals surface area contributed by atoms with E-state index in [1.807, 2.05) is 6.92 Å². The molecule has 0 unspecified atom stereocenters. The van der Waals surface area contributed by atoms with Crippen LogP contribution in [0.4, 0.5) is 5.69 Å². The van der Waals surface area contributed by atoms with Crippen molar-refractivity contribution in [3.63, 3.8) is 0 Å². The predicted molar refractivity (Wildman–Crippen MR) is 140 cm³/mol. The van der Waals surface area contributed by atoms with Crippen molar-refractivity contribution in [1.29, 1.82) is 0 Å². The number of fused-ring (bicyclic) bond motifs is 1. The van der Waals surface area contributed by atoms with Gasteiger partial charge >= 0.3 is 5.69 Å². The second-order valence-electron chi connectivity index (χ2n) is 9.00. The van der Waals surface area contributed by atoms with Gasteiger partial charge in [-0.3, -0.25) is 9.71 Å². The van der Waals surface area contributed by atoms with Crippen LogP contribution in [-0.2, 0) is 10.0 Å². The lowest BCUT2D eigenvalue weighted by molar-refractivity contribution is 0.341. The standard InChI is InChI=1S/C26H29N5O5S/c1-4-36-22-13-12-20(37(33,34)30-18-10-7-11-19(14-18)35-3)15-21(22)24-28-25-23(17-8-5-6-9-17)27-16(2)31(25)26(32)29-24/h7,10-15,17,30H,4-6,8-9H2,1-3H3,(H,28,29,32). The Morgan fingerprint density at radius 2 is 1.92 bits per heavy atom. The number of aromatic nitrogens is 4. The number of sulfonamides is 1. The summed E-state index contributed by atoms with van der Waals surface area (Å²) in [5.41, 5.74) is 1.64. The molecule has 1 aliphatic rings. The van der Waals surface area contributed by atoms with Gasteiger partial charge in [-0.15, -0.1) is 0 Å². The summed E-state index contributed by atoms with van der Waals surface area (Å²) in [7, 11) is -2.46. The Bertz CT molecular complexity index is 1620. The summed E-state index contributed by atoms with van der Waals surface area (Å²) < 4.78 is 41.5. The second kappa shape index (κ2) is 9.89. The Morgan fingerprint density at radius 3 is 2.65 bits per heavy atom. The summed E-state index contributed by atoms with van der Waals surface area (Å²) in [6, 6.07) is 11.1. The Labute approximate surface area is 214 Å². The molecule has 1 fully saturated rings. The summed E-state index contributed by atoms with van der Waals surface area (Å²) >= 11 is 0. The maximum absolute atomic E-state index is 13.3. The normalized spacial score (nSPS) is 14.2. The molecule has 37 heavy (non-hydrogen) atoms. The molecule has 2 N–H and O–H groups in total. The van der Waals surface area contributed by atoms with E-state index < -0.39 is 10.0 Å². The number of benzene rings is 2.